The van der Waals surface area contributed by atoms with Gasteiger partial charge in [-0.25, -0.2) is 0 Å². The first-order chi connectivity index (χ1) is 25.9. The third-order valence-electron chi connectivity index (χ3n) is 16.9. The van der Waals surface area contributed by atoms with E-state index in [9.17, 15) is 9.59 Å². The third-order valence-corrected chi connectivity index (χ3v) is 16.9. The van der Waals surface area contributed by atoms with Crippen LogP contribution in [0.4, 0.5) is 0 Å². The molecule has 0 N–H and O–H groups in total. The van der Waals surface area contributed by atoms with Crippen molar-refractivity contribution in [2.24, 2.45) is 94.7 Å². The fourth-order valence-electron chi connectivity index (χ4n) is 13.8. The van der Waals surface area contributed by atoms with Gasteiger partial charge in [-0.15, -0.1) is 0 Å². The van der Waals surface area contributed by atoms with Gasteiger partial charge < -0.3 is 18.9 Å². The van der Waals surface area contributed by atoms with Gasteiger partial charge in [0.2, 0.25) is 0 Å². The lowest BCUT2D eigenvalue weighted by molar-refractivity contribution is -0.157. The minimum atomic E-state index is -0.0965. The van der Waals surface area contributed by atoms with Crippen LogP contribution in [-0.4, -0.2) is 51.6 Å². The van der Waals surface area contributed by atoms with Gasteiger partial charge in [0.25, 0.3) is 0 Å². The average Bonchev–Trinajstić information content (AvgIpc) is 3.16. The van der Waals surface area contributed by atoms with Crippen molar-refractivity contribution in [2.45, 2.75) is 170 Å². The second-order valence-electron chi connectivity index (χ2n) is 20.2. The molecule has 5 aliphatic rings. The highest BCUT2D eigenvalue weighted by Gasteiger charge is 2.50. The van der Waals surface area contributed by atoms with Crippen molar-refractivity contribution in [3.8, 4) is 0 Å². The lowest BCUT2D eigenvalue weighted by Gasteiger charge is -2.53. The molecule has 5 rings (SSSR count). The Bertz CT molecular complexity index is 1070. The molecule has 312 valence electrons. The Hall–Kier alpha value is -1.14. The summed E-state index contributed by atoms with van der Waals surface area (Å²) in [5, 5.41) is 0. The highest BCUT2D eigenvalue weighted by molar-refractivity contribution is 5.73. The Balaban J connectivity index is 1.16. The highest BCUT2D eigenvalue weighted by Crippen LogP contribution is 2.57. The lowest BCUT2D eigenvalue weighted by atomic mass is 9.52. The van der Waals surface area contributed by atoms with Crippen LogP contribution in [0, 0.1) is 94.7 Å². The fourth-order valence-corrected chi connectivity index (χ4v) is 13.8. The average molecular weight is 757 g/mol. The summed E-state index contributed by atoms with van der Waals surface area (Å²) in [6, 6.07) is 0. The molecule has 0 aromatic rings. The minimum absolute atomic E-state index is 0.0161. The van der Waals surface area contributed by atoms with Crippen LogP contribution in [0.3, 0.4) is 0 Å². The van der Waals surface area contributed by atoms with Crippen LogP contribution < -0.4 is 0 Å². The number of methoxy groups -OCH3 is 2. The van der Waals surface area contributed by atoms with Crippen LogP contribution in [-0.2, 0) is 28.5 Å². The third kappa shape index (κ3) is 10.3. The molecule has 0 aromatic carbocycles. The van der Waals surface area contributed by atoms with Gasteiger partial charge in [-0.2, -0.15) is 0 Å². The molecule has 6 nitrogen and oxygen atoms in total. The number of hydrogen-bond donors (Lipinski definition) is 0. The van der Waals surface area contributed by atoms with Crippen LogP contribution in [0.5, 0.6) is 0 Å². The van der Waals surface area contributed by atoms with Crippen LogP contribution >= 0.6 is 0 Å². The summed E-state index contributed by atoms with van der Waals surface area (Å²) in [5.74, 6) is 10.4. The number of ether oxygens (including phenoxy) is 4. The first-order valence-electron chi connectivity index (χ1n) is 23.3. The standard InChI is InChI=1S/C48H84O6/c1-11-13-19-53-45-27-35(15-17-37(45)47(49)51-9)39-21-31(5)41(23-29(39)3)43-25-34(8)44(26-33(43)7)42-24-30(4)40(22-32(42)6)36-16-18-38(48(50)52-10)46(28-36)54-20-14-12-2/h29-46H,11-28H2,1-10H3. The summed E-state index contributed by atoms with van der Waals surface area (Å²) in [5.41, 5.74) is 0. The number of esters is 2. The van der Waals surface area contributed by atoms with Gasteiger partial charge in [-0.05, 0) is 173 Å². The van der Waals surface area contributed by atoms with E-state index in [-0.39, 0.29) is 36.0 Å². The van der Waals surface area contributed by atoms with E-state index < -0.39 is 0 Å². The van der Waals surface area contributed by atoms with Crippen molar-refractivity contribution >= 4 is 11.9 Å². The summed E-state index contributed by atoms with van der Waals surface area (Å²) in [6.07, 6.45) is 18.8. The van der Waals surface area contributed by atoms with Gasteiger partial charge in [0.05, 0.1) is 38.3 Å². The predicted molar refractivity (Wildman–Crippen MR) is 219 cm³/mol. The van der Waals surface area contributed by atoms with Crippen LogP contribution in [0.2, 0.25) is 0 Å². The maximum Gasteiger partial charge on any atom is 0.311 e. The zero-order valence-corrected chi connectivity index (χ0v) is 36.6. The molecule has 5 fully saturated rings. The minimum Gasteiger partial charge on any atom is -0.469 e. The van der Waals surface area contributed by atoms with Crippen molar-refractivity contribution in [2.75, 3.05) is 27.4 Å². The normalized spacial score (nSPS) is 44.7. The summed E-state index contributed by atoms with van der Waals surface area (Å²) >= 11 is 0. The topological polar surface area (TPSA) is 71.1 Å². The summed E-state index contributed by atoms with van der Waals surface area (Å²) in [4.78, 5) is 25.4. The molecule has 0 aliphatic heterocycles. The lowest BCUT2D eigenvalue weighted by Crippen LogP contribution is -2.47. The summed E-state index contributed by atoms with van der Waals surface area (Å²) < 4.78 is 23.3. The molecule has 0 bridgehead atoms. The Morgan fingerprint density at radius 1 is 0.444 bits per heavy atom. The molecule has 6 heteroatoms. The van der Waals surface area contributed by atoms with Crippen molar-refractivity contribution in [1.82, 2.24) is 0 Å². The molecule has 5 saturated carbocycles. The first-order valence-corrected chi connectivity index (χ1v) is 23.3. The Kier molecular flexibility index (Phi) is 16.7. The zero-order valence-electron chi connectivity index (χ0n) is 36.6. The van der Waals surface area contributed by atoms with Crippen molar-refractivity contribution in [1.29, 1.82) is 0 Å². The van der Waals surface area contributed by atoms with Crippen molar-refractivity contribution in [3.05, 3.63) is 0 Å². The first kappa shape index (κ1) is 44.0. The molecule has 0 aromatic heterocycles. The van der Waals surface area contributed by atoms with Gasteiger partial charge in [0.15, 0.2) is 0 Å². The second kappa shape index (κ2) is 20.5. The van der Waals surface area contributed by atoms with E-state index in [1.54, 1.807) is 0 Å². The van der Waals surface area contributed by atoms with E-state index in [4.69, 9.17) is 18.9 Å². The summed E-state index contributed by atoms with van der Waals surface area (Å²) in [7, 11) is 3.07. The number of carbonyl (C=O) groups excluding carboxylic acids is 2. The smallest absolute Gasteiger partial charge is 0.311 e. The van der Waals surface area contributed by atoms with E-state index in [2.05, 4.69) is 55.4 Å². The van der Waals surface area contributed by atoms with Gasteiger partial charge in [-0.1, -0.05) is 68.2 Å². The van der Waals surface area contributed by atoms with Crippen LogP contribution in [0.15, 0.2) is 0 Å². The maximum atomic E-state index is 12.7. The molecule has 0 amide bonds. The molecule has 18 unspecified atom stereocenters. The van der Waals surface area contributed by atoms with Crippen LogP contribution in [0.25, 0.3) is 0 Å². The second-order valence-corrected chi connectivity index (χ2v) is 20.2. The van der Waals surface area contributed by atoms with E-state index in [1.807, 2.05) is 0 Å². The van der Waals surface area contributed by atoms with Crippen molar-refractivity contribution in [3.63, 3.8) is 0 Å². The van der Waals surface area contributed by atoms with E-state index in [1.165, 1.54) is 52.7 Å². The molecule has 0 radical (unpaired) electrons. The van der Waals surface area contributed by atoms with E-state index in [0.717, 1.165) is 148 Å². The van der Waals surface area contributed by atoms with Gasteiger partial charge in [0.1, 0.15) is 0 Å². The van der Waals surface area contributed by atoms with Crippen molar-refractivity contribution < 1.29 is 28.5 Å². The fraction of sp³-hybridized carbons (Fsp3) is 0.958. The Labute approximate surface area is 332 Å². The number of rotatable bonds is 14. The quantitative estimate of drug-likeness (QED) is 0.130. The maximum absolute atomic E-state index is 12.7. The molecule has 54 heavy (non-hydrogen) atoms. The molecular formula is C48H84O6. The van der Waals surface area contributed by atoms with Crippen LogP contribution in [0.1, 0.15) is 158 Å². The van der Waals surface area contributed by atoms with Gasteiger partial charge >= 0.3 is 11.9 Å². The number of unbranched alkanes of at least 4 members (excludes halogenated alkanes) is 2. The van der Waals surface area contributed by atoms with Gasteiger partial charge in [0, 0.05) is 13.2 Å². The summed E-state index contributed by atoms with van der Waals surface area (Å²) in [6.45, 7) is 21.5. The monoisotopic (exact) mass is 757 g/mol. The largest absolute Gasteiger partial charge is 0.469 e. The van der Waals surface area contributed by atoms with E-state index in [0.29, 0.717) is 11.8 Å². The molecule has 0 spiro atoms. The number of carbonyl (C=O) groups is 2. The molecule has 5 aliphatic carbocycles. The Morgan fingerprint density at radius 3 is 1.04 bits per heavy atom. The molecular weight excluding hydrogens is 673 g/mol. The number of hydrogen-bond acceptors (Lipinski definition) is 6. The predicted octanol–water partition coefficient (Wildman–Crippen LogP) is 11.4. The molecule has 0 saturated heterocycles. The molecule has 18 atom stereocenters. The highest BCUT2D eigenvalue weighted by atomic mass is 16.5. The van der Waals surface area contributed by atoms with E-state index >= 15 is 0 Å². The Morgan fingerprint density at radius 2 is 0.741 bits per heavy atom. The SMILES string of the molecule is CCCCOC1CC(C2CC(C)C(C3CC(C)C(C4CC(C)C(C5CCC(C(=O)OC)C(OCCCC)C5)CC4C)CC3C)CC2C)CCC1C(=O)OC. The van der Waals surface area contributed by atoms with Gasteiger partial charge in [-0.3, -0.25) is 9.59 Å². The zero-order chi connectivity index (χ0) is 39.1. The molecule has 0 heterocycles.